The largest absolute Gasteiger partial charge is 0.438 e. The summed E-state index contributed by atoms with van der Waals surface area (Å²) in [6, 6.07) is 41.2. The van der Waals surface area contributed by atoms with Gasteiger partial charge in [-0.25, -0.2) is 0 Å². The highest BCUT2D eigenvalue weighted by Crippen LogP contribution is 2.36. The van der Waals surface area contributed by atoms with E-state index < -0.39 is 0 Å². The van der Waals surface area contributed by atoms with Gasteiger partial charge in [0.15, 0.2) is 11.0 Å². The maximum atomic E-state index is 12.6. The number of rotatable bonds is 2. The summed E-state index contributed by atoms with van der Waals surface area (Å²) in [5.74, 6) is 0. The zero-order valence-electron chi connectivity index (χ0n) is 19.8. The van der Waals surface area contributed by atoms with Crippen molar-refractivity contribution in [3.8, 4) is 16.8 Å². The number of oxazole rings is 1. The van der Waals surface area contributed by atoms with Crippen molar-refractivity contribution in [2.24, 2.45) is 0 Å². The molecule has 5 aromatic carbocycles. The molecule has 0 aliphatic carbocycles. The van der Waals surface area contributed by atoms with Gasteiger partial charge in [-0.15, -0.1) is 0 Å². The van der Waals surface area contributed by atoms with Crippen molar-refractivity contribution < 1.29 is 4.42 Å². The van der Waals surface area contributed by atoms with Gasteiger partial charge < -0.3 is 8.98 Å². The van der Waals surface area contributed by atoms with Crippen molar-refractivity contribution in [1.29, 1.82) is 0 Å². The molecule has 0 saturated carbocycles. The van der Waals surface area contributed by atoms with E-state index in [0.717, 1.165) is 33.4 Å². The van der Waals surface area contributed by atoms with Gasteiger partial charge in [-0.05, 0) is 65.7 Å². The van der Waals surface area contributed by atoms with Crippen molar-refractivity contribution in [1.82, 2.24) is 8.97 Å². The van der Waals surface area contributed by atoms with Gasteiger partial charge in [0.1, 0.15) is 0 Å². The lowest BCUT2D eigenvalue weighted by Gasteiger charge is -2.08. The van der Waals surface area contributed by atoms with Gasteiger partial charge in [0.25, 0.3) is 0 Å². The monoisotopic (exact) mass is 476 g/mol. The van der Waals surface area contributed by atoms with Gasteiger partial charge in [-0.3, -0.25) is 9.20 Å². The molecule has 4 nitrogen and oxygen atoms in total. The van der Waals surface area contributed by atoms with Gasteiger partial charge in [0, 0.05) is 27.9 Å². The van der Waals surface area contributed by atoms with Crippen molar-refractivity contribution in [3.05, 3.63) is 132 Å². The van der Waals surface area contributed by atoms with Crippen LogP contribution in [0.15, 0.2) is 131 Å². The number of pyridine rings is 1. The van der Waals surface area contributed by atoms with Crippen LogP contribution in [0.3, 0.4) is 0 Å². The first kappa shape index (κ1) is 20.1. The summed E-state index contributed by atoms with van der Waals surface area (Å²) in [6.45, 7) is 0. The minimum absolute atomic E-state index is 0.0323. The topological polar surface area (TPSA) is 39.5 Å². The Morgan fingerprint density at radius 2 is 1.19 bits per heavy atom. The lowest BCUT2D eigenvalue weighted by atomic mass is 10.0. The van der Waals surface area contributed by atoms with Gasteiger partial charge in [0.05, 0.1) is 22.1 Å². The molecule has 0 bridgehead atoms. The Hall–Kier alpha value is -5.09. The molecule has 3 heterocycles. The summed E-state index contributed by atoms with van der Waals surface area (Å²) in [6.07, 6.45) is 0. The minimum Gasteiger partial charge on any atom is -0.438 e. The molecular weight excluding hydrogens is 456 g/mol. The number of hydrogen-bond acceptors (Lipinski definition) is 2. The highest BCUT2D eigenvalue weighted by atomic mass is 16.3. The van der Waals surface area contributed by atoms with E-state index in [1.54, 1.807) is 6.07 Å². The Bertz CT molecular complexity index is 2220. The highest BCUT2D eigenvalue weighted by Gasteiger charge is 2.15. The van der Waals surface area contributed by atoms with Crippen molar-refractivity contribution >= 4 is 49.5 Å². The number of fused-ring (bicyclic) bond motifs is 8. The first-order valence-corrected chi connectivity index (χ1v) is 12.3. The number of hydrogen-bond donors (Lipinski definition) is 0. The van der Waals surface area contributed by atoms with Gasteiger partial charge in [-0.2, -0.15) is 0 Å². The van der Waals surface area contributed by atoms with E-state index >= 15 is 0 Å². The minimum atomic E-state index is -0.0323. The van der Waals surface area contributed by atoms with Crippen molar-refractivity contribution in [3.63, 3.8) is 0 Å². The summed E-state index contributed by atoms with van der Waals surface area (Å²) < 4.78 is 10.4. The average Bonchev–Trinajstić information content (AvgIpc) is 3.48. The number of para-hydroxylation sites is 3. The van der Waals surface area contributed by atoms with Crippen LogP contribution >= 0.6 is 0 Å². The maximum absolute atomic E-state index is 12.6. The second-order valence-corrected chi connectivity index (χ2v) is 9.40. The maximum Gasteiger partial charge on any atom is 0.209 e. The lowest BCUT2D eigenvalue weighted by Crippen LogP contribution is -2.02. The lowest BCUT2D eigenvalue weighted by molar-refractivity contribution is 0.655. The molecular formula is C33H20N2O2. The van der Waals surface area contributed by atoms with E-state index in [0.29, 0.717) is 11.1 Å². The molecule has 0 aliphatic rings. The Balaban J connectivity index is 1.39. The fraction of sp³-hybridized carbons (Fsp3) is 0. The van der Waals surface area contributed by atoms with Crippen LogP contribution in [0.4, 0.5) is 0 Å². The van der Waals surface area contributed by atoms with E-state index in [9.17, 15) is 4.79 Å². The summed E-state index contributed by atoms with van der Waals surface area (Å²) >= 11 is 0. The molecule has 0 atom stereocenters. The molecule has 174 valence electrons. The van der Waals surface area contributed by atoms with Crippen LogP contribution in [0.5, 0.6) is 0 Å². The second kappa shape index (κ2) is 7.45. The van der Waals surface area contributed by atoms with E-state index in [4.69, 9.17) is 4.42 Å². The van der Waals surface area contributed by atoms with Gasteiger partial charge in [0.2, 0.25) is 5.71 Å². The van der Waals surface area contributed by atoms with Gasteiger partial charge >= 0.3 is 0 Å². The number of benzene rings is 5. The van der Waals surface area contributed by atoms with Crippen LogP contribution in [-0.4, -0.2) is 8.97 Å². The molecule has 8 aromatic rings. The molecule has 8 rings (SSSR count). The third-order valence-corrected chi connectivity index (χ3v) is 7.32. The van der Waals surface area contributed by atoms with Crippen LogP contribution in [0, 0.1) is 0 Å². The standard InChI is InChI=1S/C33H20N2O2/c36-31-20-33-35(28-13-7-5-11-25(28)31)30-19-22(15-17-32(30)37-33)21-14-16-29-26(18-21)24-10-4-6-12-27(24)34(29)23-8-2-1-3-9-23/h1-20H. The predicted molar refractivity (Wildman–Crippen MR) is 151 cm³/mol. The van der Waals surface area contributed by atoms with Crippen LogP contribution in [-0.2, 0) is 0 Å². The summed E-state index contributed by atoms with van der Waals surface area (Å²) in [7, 11) is 0. The number of aromatic nitrogens is 2. The Kier molecular flexibility index (Phi) is 4.06. The first-order valence-electron chi connectivity index (χ1n) is 12.3. The molecule has 0 aliphatic heterocycles. The van der Waals surface area contributed by atoms with Crippen molar-refractivity contribution in [2.45, 2.75) is 0 Å². The molecule has 0 fully saturated rings. The van der Waals surface area contributed by atoms with E-state index in [2.05, 4.69) is 83.4 Å². The summed E-state index contributed by atoms with van der Waals surface area (Å²) in [4.78, 5) is 12.6. The molecule has 0 saturated heterocycles. The Morgan fingerprint density at radius 3 is 2.05 bits per heavy atom. The third kappa shape index (κ3) is 2.87. The molecule has 4 heteroatoms. The fourth-order valence-electron chi connectivity index (χ4n) is 5.65. The van der Waals surface area contributed by atoms with Crippen LogP contribution in [0.2, 0.25) is 0 Å². The van der Waals surface area contributed by atoms with Crippen molar-refractivity contribution in [2.75, 3.05) is 0 Å². The summed E-state index contributed by atoms with van der Waals surface area (Å²) in [5, 5.41) is 3.12. The zero-order chi connectivity index (χ0) is 24.5. The summed E-state index contributed by atoms with van der Waals surface area (Å²) in [5.41, 5.74) is 8.79. The molecule has 37 heavy (non-hydrogen) atoms. The zero-order valence-corrected chi connectivity index (χ0v) is 19.8. The molecule has 0 amide bonds. The van der Waals surface area contributed by atoms with Crippen LogP contribution in [0.1, 0.15) is 0 Å². The van der Waals surface area contributed by atoms with Crippen LogP contribution in [0.25, 0.3) is 66.3 Å². The first-order chi connectivity index (χ1) is 18.3. The molecule has 0 radical (unpaired) electrons. The predicted octanol–water partition coefficient (Wildman–Crippen LogP) is 7.96. The van der Waals surface area contributed by atoms with E-state index in [1.807, 2.05) is 40.8 Å². The Labute approximate surface area is 211 Å². The number of nitrogens with zero attached hydrogens (tertiary/aromatic N) is 2. The molecule has 0 spiro atoms. The van der Waals surface area contributed by atoms with E-state index in [-0.39, 0.29) is 5.43 Å². The molecule has 0 N–H and O–H groups in total. The second-order valence-electron chi connectivity index (χ2n) is 9.40. The highest BCUT2D eigenvalue weighted by molar-refractivity contribution is 6.10. The Morgan fingerprint density at radius 1 is 0.514 bits per heavy atom. The quantitative estimate of drug-likeness (QED) is 0.254. The smallest absolute Gasteiger partial charge is 0.209 e. The average molecular weight is 477 g/mol. The normalized spacial score (nSPS) is 11.9. The molecule has 3 aromatic heterocycles. The SMILES string of the molecule is O=c1cc2oc3ccc(-c4ccc5c(c4)c4ccccc4n5-c4ccccc4)cc3n2c2ccccc12. The van der Waals surface area contributed by atoms with E-state index in [1.165, 1.54) is 21.8 Å². The fourth-order valence-corrected chi connectivity index (χ4v) is 5.65. The van der Waals surface area contributed by atoms with Crippen LogP contribution < -0.4 is 5.43 Å². The van der Waals surface area contributed by atoms with Gasteiger partial charge in [-0.1, -0.05) is 60.7 Å². The third-order valence-electron chi connectivity index (χ3n) is 7.32. The molecule has 0 unspecified atom stereocenters.